The van der Waals surface area contributed by atoms with E-state index in [0.29, 0.717) is 24.3 Å². The number of piperazine rings is 1. The molecule has 0 saturated carbocycles. The Morgan fingerprint density at radius 1 is 0.926 bits per heavy atom. The number of hydrogen-bond acceptors (Lipinski definition) is 2. The third-order valence-corrected chi connectivity index (χ3v) is 6.19. The molecule has 27 heavy (non-hydrogen) atoms. The average Bonchev–Trinajstić information content (AvgIpc) is 2.73. The standard InChI is InChI=1S/C24H30N2O/c1-2-3-5-14-24(27)26-16-15-25-17-22(19-10-6-4-7-11-19)20-12-8-9-13-21(20)23(25)18-26/h4,6-13,22-23H,2-3,5,14-18H2,1H3/t22-,23+/m0/s1. The zero-order valence-electron chi connectivity index (χ0n) is 16.3. The van der Waals surface area contributed by atoms with Gasteiger partial charge >= 0.3 is 0 Å². The number of carbonyl (C=O) groups is 1. The van der Waals surface area contributed by atoms with Crippen molar-refractivity contribution in [3.63, 3.8) is 0 Å². The number of carbonyl (C=O) groups excluding carboxylic acids is 1. The summed E-state index contributed by atoms with van der Waals surface area (Å²) in [6, 6.07) is 20.0. The van der Waals surface area contributed by atoms with E-state index in [2.05, 4.69) is 71.3 Å². The first kappa shape index (κ1) is 18.2. The number of rotatable bonds is 5. The minimum absolute atomic E-state index is 0.338. The maximum Gasteiger partial charge on any atom is 0.222 e. The van der Waals surface area contributed by atoms with Crippen LogP contribution >= 0.6 is 0 Å². The van der Waals surface area contributed by atoms with Gasteiger partial charge in [0.1, 0.15) is 0 Å². The molecule has 0 radical (unpaired) electrons. The Morgan fingerprint density at radius 2 is 1.67 bits per heavy atom. The molecule has 2 atom stereocenters. The first-order valence-corrected chi connectivity index (χ1v) is 10.4. The Labute approximate surface area is 163 Å². The van der Waals surface area contributed by atoms with E-state index < -0.39 is 0 Å². The molecule has 2 aromatic rings. The Hall–Kier alpha value is -2.13. The van der Waals surface area contributed by atoms with Gasteiger partial charge < -0.3 is 4.90 Å². The lowest BCUT2D eigenvalue weighted by molar-refractivity contribution is -0.134. The lowest BCUT2D eigenvalue weighted by atomic mass is 9.80. The van der Waals surface area contributed by atoms with Gasteiger partial charge in [-0.1, -0.05) is 74.4 Å². The van der Waals surface area contributed by atoms with Crippen molar-refractivity contribution < 1.29 is 4.79 Å². The highest BCUT2D eigenvalue weighted by atomic mass is 16.2. The second-order valence-electron chi connectivity index (χ2n) is 7.90. The molecule has 2 aromatic carbocycles. The molecular formula is C24H30N2O. The van der Waals surface area contributed by atoms with Gasteiger partial charge in [0.15, 0.2) is 0 Å². The van der Waals surface area contributed by atoms with Crippen molar-refractivity contribution in [3.8, 4) is 0 Å². The number of nitrogens with zero attached hydrogens (tertiary/aromatic N) is 2. The van der Waals surface area contributed by atoms with E-state index >= 15 is 0 Å². The van der Waals surface area contributed by atoms with E-state index in [1.54, 1.807) is 0 Å². The number of unbranched alkanes of at least 4 members (excludes halogenated alkanes) is 2. The fourth-order valence-corrected chi connectivity index (χ4v) is 4.68. The van der Waals surface area contributed by atoms with Gasteiger partial charge in [-0.15, -0.1) is 0 Å². The molecule has 1 amide bonds. The van der Waals surface area contributed by atoms with Crippen molar-refractivity contribution >= 4 is 5.91 Å². The highest BCUT2D eigenvalue weighted by Gasteiger charge is 2.37. The van der Waals surface area contributed by atoms with Crippen molar-refractivity contribution in [3.05, 3.63) is 71.3 Å². The average molecular weight is 363 g/mol. The monoisotopic (exact) mass is 362 g/mol. The van der Waals surface area contributed by atoms with Crippen molar-refractivity contribution in [1.29, 1.82) is 0 Å². The van der Waals surface area contributed by atoms with Gasteiger partial charge in [0.05, 0.1) is 6.04 Å². The number of hydrogen-bond donors (Lipinski definition) is 0. The van der Waals surface area contributed by atoms with Crippen LogP contribution in [0.5, 0.6) is 0 Å². The molecule has 0 spiro atoms. The third-order valence-electron chi connectivity index (χ3n) is 6.19. The summed E-state index contributed by atoms with van der Waals surface area (Å²) in [6.07, 6.45) is 4.04. The minimum atomic E-state index is 0.338. The van der Waals surface area contributed by atoms with Crippen LogP contribution in [0.4, 0.5) is 0 Å². The number of amides is 1. The maximum absolute atomic E-state index is 12.7. The van der Waals surface area contributed by atoms with Crippen LogP contribution in [0.2, 0.25) is 0 Å². The van der Waals surface area contributed by atoms with E-state index in [-0.39, 0.29) is 0 Å². The molecule has 0 unspecified atom stereocenters. The van der Waals surface area contributed by atoms with Crippen LogP contribution in [-0.4, -0.2) is 41.9 Å². The fourth-order valence-electron chi connectivity index (χ4n) is 4.68. The van der Waals surface area contributed by atoms with Gasteiger partial charge in [-0.3, -0.25) is 9.69 Å². The first-order chi connectivity index (χ1) is 13.3. The molecule has 4 rings (SSSR count). The van der Waals surface area contributed by atoms with Gasteiger partial charge in [0.25, 0.3) is 0 Å². The second kappa shape index (κ2) is 8.26. The van der Waals surface area contributed by atoms with Crippen LogP contribution in [0.3, 0.4) is 0 Å². The van der Waals surface area contributed by atoms with Gasteiger partial charge in [-0.2, -0.15) is 0 Å². The summed E-state index contributed by atoms with van der Waals surface area (Å²) in [6.45, 7) is 5.91. The number of fused-ring (bicyclic) bond motifs is 3. The van der Waals surface area contributed by atoms with Crippen molar-refractivity contribution in [2.45, 2.75) is 44.6 Å². The summed E-state index contributed by atoms with van der Waals surface area (Å²) < 4.78 is 0. The molecule has 2 aliphatic heterocycles. The highest BCUT2D eigenvalue weighted by Crippen LogP contribution is 2.40. The molecule has 0 aromatic heterocycles. The predicted octanol–water partition coefficient (Wildman–Crippen LogP) is 4.60. The van der Waals surface area contributed by atoms with Crippen LogP contribution in [0, 0.1) is 0 Å². The Balaban J connectivity index is 1.56. The zero-order chi connectivity index (χ0) is 18.6. The van der Waals surface area contributed by atoms with Crippen molar-refractivity contribution in [2.24, 2.45) is 0 Å². The molecule has 3 heteroatoms. The Bertz CT molecular complexity index is 773. The molecule has 0 N–H and O–H groups in total. The van der Waals surface area contributed by atoms with Crippen LogP contribution in [-0.2, 0) is 4.79 Å². The normalized spacial score (nSPS) is 22.2. The number of benzene rings is 2. The highest BCUT2D eigenvalue weighted by molar-refractivity contribution is 5.76. The molecule has 1 fully saturated rings. The van der Waals surface area contributed by atoms with Crippen molar-refractivity contribution in [2.75, 3.05) is 26.2 Å². The summed E-state index contributed by atoms with van der Waals surface area (Å²) >= 11 is 0. The van der Waals surface area contributed by atoms with Gasteiger partial charge in [-0.25, -0.2) is 0 Å². The summed E-state index contributed by atoms with van der Waals surface area (Å²) in [4.78, 5) is 17.4. The molecule has 0 bridgehead atoms. The lowest BCUT2D eigenvalue weighted by Gasteiger charge is -2.47. The lowest BCUT2D eigenvalue weighted by Crippen LogP contribution is -2.53. The smallest absolute Gasteiger partial charge is 0.222 e. The third kappa shape index (κ3) is 3.79. The second-order valence-corrected chi connectivity index (χ2v) is 7.90. The largest absolute Gasteiger partial charge is 0.339 e. The fraction of sp³-hybridized carbons (Fsp3) is 0.458. The Morgan fingerprint density at radius 3 is 2.44 bits per heavy atom. The van der Waals surface area contributed by atoms with E-state index in [9.17, 15) is 4.79 Å². The molecule has 1 saturated heterocycles. The van der Waals surface area contributed by atoms with Gasteiger partial charge in [0.2, 0.25) is 5.91 Å². The predicted molar refractivity (Wildman–Crippen MR) is 110 cm³/mol. The van der Waals surface area contributed by atoms with Crippen LogP contribution in [0.15, 0.2) is 54.6 Å². The van der Waals surface area contributed by atoms with E-state index in [4.69, 9.17) is 0 Å². The summed E-state index contributed by atoms with van der Waals surface area (Å²) in [5, 5.41) is 0. The van der Waals surface area contributed by atoms with Crippen LogP contribution < -0.4 is 0 Å². The van der Waals surface area contributed by atoms with Gasteiger partial charge in [0, 0.05) is 38.5 Å². The van der Waals surface area contributed by atoms with E-state index in [1.807, 2.05) is 0 Å². The van der Waals surface area contributed by atoms with Gasteiger partial charge in [-0.05, 0) is 23.1 Å². The van der Waals surface area contributed by atoms with E-state index in [0.717, 1.165) is 45.4 Å². The van der Waals surface area contributed by atoms with E-state index in [1.165, 1.54) is 16.7 Å². The molecule has 142 valence electrons. The SMILES string of the molecule is CCCCCC(=O)N1CCN2C[C@@H](c3ccccc3)c3ccccc3[C@H]2C1. The summed E-state index contributed by atoms with van der Waals surface area (Å²) in [7, 11) is 0. The molecular weight excluding hydrogens is 332 g/mol. The quantitative estimate of drug-likeness (QED) is 0.726. The summed E-state index contributed by atoms with van der Waals surface area (Å²) in [5.74, 6) is 0.760. The molecule has 2 aliphatic rings. The first-order valence-electron chi connectivity index (χ1n) is 10.4. The molecule has 0 aliphatic carbocycles. The molecule has 2 heterocycles. The van der Waals surface area contributed by atoms with Crippen LogP contribution in [0.1, 0.15) is 61.3 Å². The zero-order valence-corrected chi connectivity index (χ0v) is 16.3. The topological polar surface area (TPSA) is 23.6 Å². The summed E-state index contributed by atoms with van der Waals surface area (Å²) in [5.41, 5.74) is 4.23. The van der Waals surface area contributed by atoms with Crippen LogP contribution in [0.25, 0.3) is 0 Å². The van der Waals surface area contributed by atoms with Crippen molar-refractivity contribution in [1.82, 2.24) is 9.80 Å². The Kier molecular flexibility index (Phi) is 5.58. The maximum atomic E-state index is 12.7. The molecule has 3 nitrogen and oxygen atoms in total. The minimum Gasteiger partial charge on any atom is -0.339 e.